The molecule has 0 radical (unpaired) electrons. The summed E-state index contributed by atoms with van der Waals surface area (Å²) in [6.07, 6.45) is 0.900. The molecule has 0 aromatic carbocycles. The first-order valence-corrected chi connectivity index (χ1v) is 3.99. The van der Waals surface area contributed by atoms with E-state index in [9.17, 15) is 9.59 Å². The van der Waals surface area contributed by atoms with Gasteiger partial charge < -0.3 is 11.1 Å². The van der Waals surface area contributed by atoms with Crippen LogP contribution in [0.5, 0.6) is 0 Å². The molecule has 1 aliphatic carbocycles. The molecule has 1 rings (SSSR count). The van der Waals surface area contributed by atoms with Crippen molar-refractivity contribution in [1.82, 2.24) is 5.32 Å². The maximum atomic E-state index is 11.2. The van der Waals surface area contributed by atoms with E-state index in [1.165, 1.54) is 0 Å². The van der Waals surface area contributed by atoms with E-state index in [1.54, 1.807) is 0 Å². The number of nitrogens with one attached hydrogen (secondary N) is 1. The summed E-state index contributed by atoms with van der Waals surface area (Å²) in [6, 6.07) is 0. The van der Waals surface area contributed by atoms with Gasteiger partial charge >= 0.3 is 0 Å². The lowest BCUT2D eigenvalue weighted by molar-refractivity contribution is -0.126. The minimum atomic E-state index is -0.498. The Morgan fingerprint density at radius 2 is 2.08 bits per heavy atom. The van der Waals surface area contributed by atoms with Crippen LogP contribution >= 0.6 is 0 Å². The molecule has 0 bridgehead atoms. The molecule has 3 N–H and O–H groups in total. The van der Waals surface area contributed by atoms with Crippen molar-refractivity contribution in [3.8, 4) is 0 Å². The van der Waals surface area contributed by atoms with Gasteiger partial charge in [0.2, 0.25) is 11.8 Å². The fourth-order valence-corrected chi connectivity index (χ4v) is 1.21. The number of amides is 2. The average molecular weight is 170 g/mol. The van der Waals surface area contributed by atoms with Crippen molar-refractivity contribution in [2.24, 2.45) is 17.1 Å². The van der Waals surface area contributed by atoms with Crippen LogP contribution in [0.4, 0.5) is 0 Å². The SMILES string of the molecule is CC1(C)CC1C(=O)NCC(N)=O. The van der Waals surface area contributed by atoms with Crippen molar-refractivity contribution in [3.05, 3.63) is 0 Å². The largest absolute Gasteiger partial charge is 0.368 e. The standard InChI is InChI=1S/C8H14N2O2/c1-8(2)3-5(8)7(12)10-4-6(9)11/h5H,3-4H2,1-2H3,(H2,9,11)(H,10,12). The zero-order valence-corrected chi connectivity index (χ0v) is 7.39. The first-order chi connectivity index (χ1) is 5.43. The van der Waals surface area contributed by atoms with Crippen LogP contribution in [0.25, 0.3) is 0 Å². The number of hydrogen-bond donors (Lipinski definition) is 2. The second kappa shape index (κ2) is 2.77. The molecule has 0 heterocycles. The summed E-state index contributed by atoms with van der Waals surface area (Å²) >= 11 is 0. The van der Waals surface area contributed by atoms with Crippen LogP contribution in [0, 0.1) is 11.3 Å². The Labute approximate surface area is 71.5 Å². The molecule has 68 valence electrons. The van der Waals surface area contributed by atoms with Crippen molar-refractivity contribution in [3.63, 3.8) is 0 Å². The second-order valence-corrected chi connectivity index (χ2v) is 3.93. The van der Waals surface area contributed by atoms with Gasteiger partial charge in [-0.15, -0.1) is 0 Å². The predicted molar refractivity (Wildman–Crippen MR) is 44.1 cm³/mol. The summed E-state index contributed by atoms with van der Waals surface area (Å²) in [5.74, 6) is -0.488. The van der Waals surface area contributed by atoms with E-state index >= 15 is 0 Å². The Balaban J connectivity index is 2.27. The number of nitrogens with two attached hydrogens (primary N) is 1. The summed E-state index contributed by atoms with van der Waals surface area (Å²) in [5.41, 5.74) is 4.99. The van der Waals surface area contributed by atoms with E-state index in [4.69, 9.17) is 5.73 Å². The summed E-state index contributed by atoms with van der Waals surface area (Å²) in [7, 11) is 0. The maximum Gasteiger partial charge on any atom is 0.236 e. The van der Waals surface area contributed by atoms with Crippen LogP contribution in [0.2, 0.25) is 0 Å². The van der Waals surface area contributed by atoms with Gasteiger partial charge in [-0.2, -0.15) is 0 Å². The minimum absolute atomic E-state index is 0.0502. The van der Waals surface area contributed by atoms with Gasteiger partial charge in [-0.3, -0.25) is 9.59 Å². The van der Waals surface area contributed by atoms with Gasteiger partial charge in [0.15, 0.2) is 0 Å². The van der Waals surface area contributed by atoms with Crippen LogP contribution in [0.3, 0.4) is 0 Å². The van der Waals surface area contributed by atoms with E-state index in [0.29, 0.717) is 0 Å². The Bertz CT molecular complexity index is 223. The van der Waals surface area contributed by atoms with Gasteiger partial charge in [-0.25, -0.2) is 0 Å². The zero-order chi connectivity index (χ0) is 9.35. The molecule has 0 spiro atoms. The molecule has 1 unspecified atom stereocenters. The van der Waals surface area contributed by atoms with Gasteiger partial charge in [-0.1, -0.05) is 13.8 Å². The van der Waals surface area contributed by atoms with E-state index < -0.39 is 5.91 Å². The van der Waals surface area contributed by atoms with Crippen LogP contribution in [-0.2, 0) is 9.59 Å². The van der Waals surface area contributed by atoms with Gasteiger partial charge in [-0.05, 0) is 11.8 Å². The third kappa shape index (κ3) is 1.96. The Morgan fingerprint density at radius 1 is 1.58 bits per heavy atom. The Kier molecular flexibility index (Phi) is 2.08. The van der Waals surface area contributed by atoms with Crippen LogP contribution in [0.15, 0.2) is 0 Å². The molecule has 1 atom stereocenters. The molecule has 0 saturated heterocycles. The van der Waals surface area contributed by atoms with E-state index in [-0.39, 0.29) is 23.8 Å². The maximum absolute atomic E-state index is 11.2. The van der Waals surface area contributed by atoms with Crippen molar-refractivity contribution >= 4 is 11.8 Å². The van der Waals surface area contributed by atoms with Gasteiger partial charge in [0.25, 0.3) is 0 Å². The van der Waals surface area contributed by atoms with Crippen LogP contribution in [-0.4, -0.2) is 18.4 Å². The third-order valence-electron chi connectivity index (χ3n) is 2.27. The third-order valence-corrected chi connectivity index (χ3v) is 2.27. The average Bonchev–Trinajstić information content (AvgIpc) is 2.55. The van der Waals surface area contributed by atoms with E-state index in [0.717, 1.165) is 6.42 Å². The first kappa shape index (κ1) is 9.03. The molecule has 4 nitrogen and oxygen atoms in total. The fraction of sp³-hybridized carbons (Fsp3) is 0.750. The van der Waals surface area contributed by atoms with E-state index in [2.05, 4.69) is 5.32 Å². The lowest BCUT2D eigenvalue weighted by Gasteiger charge is -2.03. The zero-order valence-electron chi connectivity index (χ0n) is 7.39. The molecule has 1 aliphatic rings. The number of hydrogen-bond acceptors (Lipinski definition) is 2. The van der Waals surface area contributed by atoms with Gasteiger partial charge in [0, 0.05) is 5.92 Å². The molecular weight excluding hydrogens is 156 g/mol. The molecular formula is C8H14N2O2. The van der Waals surface area contributed by atoms with Crippen molar-refractivity contribution in [1.29, 1.82) is 0 Å². The predicted octanol–water partition coefficient (Wildman–Crippen LogP) is -0.366. The topological polar surface area (TPSA) is 72.2 Å². The number of carbonyl (C=O) groups is 2. The van der Waals surface area contributed by atoms with Crippen molar-refractivity contribution in [2.45, 2.75) is 20.3 Å². The molecule has 0 aliphatic heterocycles. The molecule has 0 aromatic heterocycles. The second-order valence-electron chi connectivity index (χ2n) is 3.93. The quantitative estimate of drug-likeness (QED) is 0.606. The molecule has 0 aromatic rings. The lowest BCUT2D eigenvalue weighted by Crippen LogP contribution is -2.34. The van der Waals surface area contributed by atoms with Crippen molar-refractivity contribution < 1.29 is 9.59 Å². The summed E-state index contributed by atoms with van der Waals surface area (Å²) < 4.78 is 0. The lowest BCUT2D eigenvalue weighted by atomic mass is 10.1. The van der Waals surface area contributed by atoms with Gasteiger partial charge in [0.05, 0.1) is 6.54 Å². The van der Waals surface area contributed by atoms with Crippen LogP contribution < -0.4 is 11.1 Å². The van der Waals surface area contributed by atoms with E-state index in [1.807, 2.05) is 13.8 Å². The number of rotatable bonds is 3. The first-order valence-electron chi connectivity index (χ1n) is 3.99. The summed E-state index contributed by atoms with van der Waals surface area (Å²) in [6.45, 7) is 4.01. The molecule has 4 heteroatoms. The molecule has 12 heavy (non-hydrogen) atoms. The minimum Gasteiger partial charge on any atom is -0.368 e. The van der Waals surface area contributed by atoms with Gasteiger partial charge in [0.1, 0.15) is 0 Å². The Hall–Kier alpha value is -1.06. The molecule has 2 amide bonds. The summed E-state index contributed by atoms with van der Waals surface area (Å²) in [4.78, 5) is 21.5. The molecule has 1 fully saturated rings. The number of carbonyl (C=O) groups excluding carboxylic acids is 2. The highest BCUT2D eigenvalue weighted by Crippen LogP contribution is 2.51. The number of primary amides is 1. The van der Waals surface area contributed by atoms with Crippen molar-refractivity contribution in [2.75, 3.05) is 6.54 Å². The highest BCUT2D eigenvalue weighted by Gasteiger charge is 2.50. The highest BCUT2D eigenvalue weighted by molar-refractivity contribution is 5.87. The highest BCUT2D eigenvalue weighted by atomic mass is 16.2. The normalized spacial score (nSPS) is 24.7. The molecule has 1 saturated carbocycles. The fourth-order valence-electron chi connectivity index (χ4n) is 1.21. The summed E-state index contributed by atoms with van der Waals surface area (Å²) in [5, 5.41) is 2.49. The smallest absolute Gasteiger partial charge is 0.236 e. The Morgan fingerprint density at radius 3 is 2.42 bits per heavy atom. The van der Waals surface area contributed by atoms with Crippen LogP contribution in [0.1, 0.15) is 20.3 Å². The monoisotopic (exact) mass is 170 g/mol.